The largest absolute Gasteiger partial charge is 0.327 e. The summed E-state index contributed by atoms with van der Waals surface area (Å²) in [6, 6.07) is 1.05. The van der Waals surface area contributed by atoms with E-state index >= 15 is 0 Å². The molecule has 1 saturated heterocycles. The molecule has 1 heterocycles. The zero-order chi connectivity index (χ0) is 13.1. The average molecular weight is 258 g/mol. The van der Waals surface area contributed by atoms with Crippen molar-refractivity contribution >= 4 is 11.8 Å². The third-order valence-electron chi connectivity index (χ3n) is 4.27. The zero-order valence-electron chi connectivity index (χ0n) is 12.2. The first-order valence-corrected chi connectivity index (χ1v) is 8.03. The molecule has 0 spiro atoms. The highest BCUT2D eigenvalue weighted by Crippen LogP contribution is 2.36. The highest BCUT2D eigenvalue weighted by Gasteiger charge is 2.35. The molecule has 0 bridgehead atoms. The molecule has 0 aromatic heterocycles. The van der Waals surface area contributed by atoms with Crippen molar-refractivity contribution in [3.8, 4) is 0 Å². The molecule has 0 aromatic rings. The fourth-order valence-corrected chi connectivity index (χ4v) is 4.25. The Kier molecular flexibility index (Phi) is 5.81. The standard InChI is InChI=1S/C14H30N2S/c1-11(2)12(15)6-8-16(5)13-10-17-9-7-14(13,3)4/h11-13H,6-10,15H2,1-5H3. The lowest BCUT2D eigenvalue weighted by Crippen LogP contribution is -2.48. The maximum Gasteiger partial charge on any atom is 0.0234 e. The summed E-state index contributed by atoms with van der Waals surface area (Å²) in [5.74, 6) is 3.20. The van der Waals surface area contributed by atoms with Crippen LogP contribution in [0.5, 0.6) is 0 Å². The van der Waals surface area contributed by atoms with E-state index in [2.05, 4.69) is 51.4 Å². The smallest absolute Gasteiger partial charge is 0.0234 e. The summed E-state index contributed by atoms with van der Waals surface area (Å²) in [5.41, 5.74) is 6.59. The van der Waals surface area contributed by atoms with Gasteiger partial charge in [0, 0.05) is 17.8 Å². The quantitative estimate of drug-likeness (QED) is 0.822. The van der Waals surface area contributed by atoms with Crippen LogP contribution >= 0.6 is 11.8 Å². The topological polar surface area (TPSA) is 29.3 Å². The lowest BCUT2D eigenvalue weighted by Gasteiger charge is -2.44. The van der Waals surface area contributed by atoms with Gasteiger partial charge in [-0.3, -0.25) is 0 Å². The van der Waals surface area contributed by atoms with E-state index in [-0.39, 0.29) is 0 Å². The molecule has 1 rings (SSSR count). The van der Waals surface area contributed by atoms with Crippen LogP contribution in [0.2, 0.25) is 0 Å². The van der Waals surface area contributed by atoms with Crippen LogP contribution in [0.25, 0.3) is 0 Å². The first-order chi connectivity index (χ1) is 7.84. The molecular formula is C14H30N2S. The van der Waals surface area contributed by atoms with Crippen LogP contribution in [0.3, 0.4) is 0 Å². The van der Waals surface area contributed by atoms with Crippen molar-refractivity contribution in [1.29, 1.82) is 0 Å². The Hall–Kier alpha value is 0.270. The molecule has 0 radical (unpaired) electrons. The number of nitrogens with two attached hydrogens (primary N) is 1. The van der Waals surface area contributed by atoms with Crippen LogP contribution in [-0.2, 0) is 0 Å². The van der Waals surface area contributed by atoms with Crippen molar-refractivity contribution < 1.29 is 0 Å². The van der Waals surface area contributed by atoms with Gasteiger partial charge in [0.15, 0.2) is 0 Å². The Balaban J connectivity index is 2.43. The van der Waals surface area contributed by atoms with Crippen molar-refractivity contribution in [2.75, 3.05) is 25.1 Å². The Morgan fingerprint density at radius 3 is 2.59 bits per heavy atom. The van der Waals surface area contributed by atoms with Crippen molar-refractivity contribution in [2.45, 2.75) is 52.6 Å². The third kappa shape index (κ3) is 4.46. The second-order valence-corrected chi connectivity index (χ2v) is 7.66. The van der Waals surface area contributed by atoms with Crippen LogP contribution in [-0.4, -0.2) is 42.1 Å². The lowest BCUT2D eigenvalue weighted by atomic mass is 9.81. The summed E-state index contributed by atoms with van der Waals surface area (Å²) in [4.78, 5) is 2.54. The maximum absolute atomic E-state index is 6.13. The maximum atomic E-state index is 6.13. The minimum atomic E-state index is 0.344. The summed E-state index contributed by atoms with van der Waals surface area (Å²) in [6.45, 7) is 10.4. The van der Waals surface area contributed by atoms with Crippen molar-refractivity contribution in [3.05, 3.63) is 0 Å². The van der Waals surface area contributed by atoms with Crippen LogP contribution in [0, 0.1) is 11.3 Å². The van der Waals surface area contributed by atoms with Crippen molar-refractivity contribution in [3.63, 3.8) is 0 Å². The lowest BCUT2D eigenvalue weighted by molar-refractivity contribution is 0.117. The summed E-state index contributed by atoms with van der Waals surface area (Å²) in [5, 5.41) is 0. The first kappa shape index (κ1) is 15.3. The van der Waals surface area contributed by atoms with Gasteiger partial charge in [-0.1, -0.05) is 27.7 Å². The summed E-state index contributed by atoms with van der Waals surface area (Å²) < 4.78 is 0. The van der Waals surface area contributed by atoms with Gasteiger partial charge in [-0.05, 0) is 43.5 Å². The van der Waals surface area contributed by atoms with E-state index in [1.54, 1.807) is 0 Å². The Morgan fingerprint density at radius 2 is 2.06 bits per heavy atom. The highest BCUT2D eigenvalue weighted by molar-refractivity contribution is 7.99. The van der Waals surface area contributed by atoms with E-state index in [4.69, 9.17) is 5.73 Å². The van der Waals surface area contributed by atoms with Crippen molar-refractivity contribution in [1.82, 2.24) is 4.90 Å². The first-order valence-electron chi connectivity index (χ1n) is 6.88. The minimum Gasteiger partial charge on any atom is -0.327 e. The molecule has 3 heteroatoms. The molecule has 0 aromatic carbocycles. The molecule has 2 N–H and O–H groups in total. The van der Waals surface area contributed by atoms with Gasteiger partial charge in [0.25, 0.3) is 0 Å². The Bertz CT molecular complexity index is 228. The van der Waals surface area contributed by atoms with E-state index in [1.807, 2.05) is 0 Å². The van der Waals surface area contributed by atoms with Gasteiger partial charge in [0.2, 0.25) is 0 Å². The predicted octanol–water partition coefficient (Wildman–Crippen LogP) is 2.82. The second-order valence-electron chi connectivity index (χ2n) is 6.51. The van der Waals surface area contributed by atoms with Gasteiger partial charge in [-0.15, -0.1) is 0 Å². The number of rotatable bonds is 5. The summed E-state index contributed by atoms with van der Waals surface area (Å²) in [6.07, 6.45) is 2.45. The van der Waals surface area contributed by atoms with Crippen LogP contribution in [0.15, 0.2) is 0 Å². The molecule has 1 aliphatic heterocycles. The second kappa shape index (κ2) is 6.44. The van der Waals surface area contributed by atoms with Gasteiger partial charge in [-0.25, -0.2) is 0 Å². The van der Waals surface area contributed by atoms with Gasteiger partial charge >= 0.3 is 0 Å². The molecule has 0 amide bonds. The highest BCUT2D eigenvalue weighted by atomic mass is 32.2. The van der Waals surface area contributed by atoms with Gasteiger partial charge in [0.05, 0.1) is 0 Å². The number of hydrogen-bond donors (Lipinski definition) is 1. The third-order valence-corrected chi connectivity index (χ3v) is 5.32. The fourth-order valence-electron chi connectivity index (χ4n) is 2.49. The average Bonchev–Trinajstić information content (AvgIpc) is 2.24. The van der Waals surface area contributed by atoms with E-state index in [0.29, 0.717) is 23.4 Å². The molecule has 0 saturated carbocycles. The van der Waals surface area contributed by atoms with Crippen LogP contribution < -0.4 is 5.73 Å². The summed E-state index contributed by atoms with van der Waals surface area (Å²) >= 11 is 2.10. The van der Waals surface area contributed by atoms with E-state index in [0.717, 1.165) is 13.0 Å². The molecule has 102 valence electrons. The number of thioether (sulfide) groups is 1. The van der Waals surface area contributed by atoms with Gasteiger partial charge < -0.3 is 10.6 Å². The molecule has 2 atom stereocenters. The normalized spacial score (nSPS) is 26.5. The van der Waals surface area contributed by atoms with Gasteiger partial charge in [-0.2, -0.15) is 11.8 Å². The number of hydrogen-bond acceptors (Lipinski definition) is 3. The van der Waals surface area contributed by atoms with Gasteiger partial charge in [0.1, 0.15) is 0 Å². The Labute approximate surface area is 112 Å². The molecule has 1 fully saturated rings. The fraction of sp³-hybridized carbons (Fsp3) is 1.00. The molecular weight excluding hydrogens is 228 g/mol. The molecule has 1 aliphatic rings. The molecule has 17 heavy (non-hydrogen) atoms. The van der Waals surface area contributed by atoms with E-state index in [1.165, 1.54) is 17.9 Å². The number of nitrogens with zero attached hydrogens (tertiary/aromatic N) is 1. The summed E-state index contributed by atoms with van der Waals surface area (Å²) in [7, 11) is 2.27. The van der Waals surface area contributed by atoms with E-state index in [9.17, 15) is 0 Å². The monoisotopic (exact) mass is 258 g/mol. The predicted molar refractivity (Wildman–Crippen MR) is 79.6 cm³/mol. The minimum absolute atomic E-state index is 0.344. The van der Waals surface area contributed by atoms with Crippen LogP contribution in [0.1, 0.15) is 40.5 Å². The van der Waals surface area contributed by atoms with Crippen molar-refractivity contribution in [2.24, 2.45) is 17.1 Å². The Morgan fingerprint density at radius 1 is 1.41 bits per heavy atom. The molecule has 0 aliphatic carbocycles. The molecule has 2 nitrogen and oxygen atoms in total. The zero-order valence-corrected chi connectivity index (χ0v) is 13.0. The van der Waals surface area contributed by atoms with Crippen LogP contribution in [0.4, 0.5) is 0 Å². The SMILES string of the molecule is CC(C)C(N)CCN(C)C1CSCCC1(C)C. The van der Waals surface area contributed by atoms with E-state index < -0.39 is 0 Å². The molecule has 2 unspecified atom stereocenters.